The second-order valence-corrected chi connectivity index (χ2v) is 4.23. The summed E-state index contributed by atoms with van der Waals surface area (Å²) in [6.45, 7) is 7.37. The van der Waals surface area contributed by atoms with E-state index in [-0.39, 0.29) is 6.61 Å². The first-order valence-corrected chi connectivity index (χ1v) is 5.80. The minimum atomic E-state index is -0.586. The van der Waals surface area contributed by atoms with E-state index in [9.17, 15) is 15.3 Å². The molecule has 0 rings (SSSR count). The van der Waals surface area contributed by atoms with Gasteiger partial charge in [0.05, 0.1) is 24.9 Å². The summed E-state index contributed by atoms with van der Waals surface area (Å²) in [4.78, 5) is 1.83. The molecule has 98 valence electrons. The summed E-state index contributed by atoms with van der Waals surface area (Å²) < 4.78 is 5.10. The van der Waals surface area contributed by atoms with Gasteiger partial charge in [-0.3, -0.25) is 4.90 Å². The van der Waals surface area contributed by atoms with E-state index in [0.717, 1.165) is 0 Å². The number of hydrogen-bond acceptors (Lipinski definition) is 5. The fraction of sp³-hybridized carbons (Fsp3) is 1.00. The molecule has 0 aromatic heterocycles. The Hall–Kier alpha value is -0.200. The Balaban J connectivity index is 3.98. The van der Waals surface area contributed by atoms with Crippen LogP contribution in [0.5, 0.6) is 0 Å². The quantitative estimate of drug-likeness (QED) is 0.500. The van der Waals surface area contributed by atoms with Crippen molar-refractivity contribution >= 4 is 0 Å². The van der Waals surface area contributed by atoms with Crippen LogP contribution in [0.25, 0.3) is 0 Å². The second-order valence-electron chi connectivity index (χ2n) is 4.23. The molecule has 0 aliphatic carbocycles. The molecule has 0 amide bonds. The predicted molar refractivity (Wildman–Crippen MR) is 62.3 cm³/mol. The second kappa shape index (κ2) is 8.90. The summed E-state index contributed by atoms with van der Waals surface area (Å²) >= 11 is 0. The van der Waals surface area contributed by atoms with E-state index in [0.29, 0.717) is 26.2 Å². The van der Waals surface area contributed by atoms with Gasteiger partial charge in [-0.05, 0) is 20.8 Å². The van der Waals surface area contributed by atoms with Gasteiger partial charge < -0.3 is 20.1 Å². The molecule has 16 heavy (non-hydrogen) atoms. The summed E-state index contributed by atoms with van der Waals surface area (Å²) in [7, 11) is 0. The van der Waals surface area contributed by atoms with Crippen molar-refractivity contribution in [3.8, 4) is 0 Å². The van der Waals surface area contributed by atoms with Crippen molar-refractivity contribution in [3.05, 3.63) is 0 Å². The van der Waals surface area contributed by atoms with Gasteiger partial charge in [-0.15, -0.1) is 0 Å². The average Bonchev–Trinajstić information content (AvgIpc) is 2.12. The fourth-order valence-corrected chi connectivity index (χ4v) is 1.58. The van der Waals surface area contributed by atoms with Gasteiger partial charge >= 0.3 is 0 Å². The minimum absolute atomic E-state index is 0.284. The maximum absolute atomic E-state index is 9.65. The Kier molecular flexibility index (Phi) is 8.78. The third kappa shape index (κ3) is 9.06. The highest BCUT2D eigenvalue weighted by molar-refractivity contribution is 4.68. The van der Waals surface area contributed by atoms with Gasteiger partial charge in [0, 0.05) is 26.2 Å². The third-order valence-corrected chi connectivity index (χ3v) is 2.03. The number of hydrogen-bond donors (Lipinski definition) is 3. The van der Waals surface area contributed by atoms with Crippen LogP contribution in [0.4, 0.5) is 0 Å². The zero-order valence-electron chi connectivity index (χ0n) is 10.5. The molecule has 3 unspecified atom stereocenters. The van der Waals surface area contributed by atoms with Gasteiger partial charge in [-0.1, -0.05) is 0 Å². The molecule has 0 bridgehead atoms. The first-order chi connectivity index (χ1) is 7.45. The van der Waals surface area contributed by atoms with E-state index in [1.54, 1.807) is 13.8 Å². The van der Waals surface area contributed by atoms with Crippen LogP contribution in [0.2, 0.25) is 0 Å². The summed E-state index contributed by atoms with van der Waals surface area (Å²) in [5.41, 5.74) is 0. The molecule has 0 heterocycles. The number of ether oxygens (including phenoxy) is 1. The predicted octanol–water partition coefficient (Wildman–Crippen LogP) is -0.553. The molecule has 0 aromatic carbocycles. The lowest BCUT2D eigenvalue weighted by molar-refractivity contribution is 0.00310. The number of aliphatic hydroxyl groups is 3. The highest BCUT2D eigenvalue weighted by Gasteiger charge is 2.15. The van der Waals surface area contributed by atoms with Crippen molar-refractivity contribution in [1.82, 2.24) is 4.90 Å². The molecular formula is C11H25NO4. The maximum atomic E-state index is 9.65. The first-order valence-electron chi connectivity index (χ1n) is 5.80. The zero-order valence-corrected chi connectivity index (χ0v) is 10.5. The van der Waals surface area contributed by atoms with Crippen molar-refractivity contribution in [2.24, 2.45) is 0 Å². The topological polar surface area (TPSA) is 73.2 Å². The lowest BCUT2D eigenvalue weighted by atomic mass is 10.2. The third-order valence-electron chi connectivity index (χ3n) is 2.03. The van der Waals surface area contributed by atoms with Crippen molar-refractivity contribution < 1.29 is 20.1 Å². The van der Waals surface area contributed by atoms with Gasteiger partial charge in [-0.25, -0.2) is 0 Å². The monoisotopic (exact) mass is 235 g/mol. The molecule has 0 radical (unpaired) electrons. The van der Waals surface area contributed by atoms with E-state index >= 15 is 0 Å². The molecule has 0 saturated carbocycles. The van der Waals surface area contributed by atoms with Crippen LogP contribution < -0.4 is 0 Å². The van der Waals surface area contributed by atoms with Crippen LogP contribution >= 0.6 is 0 Å². The Morgan fingerprint density at radius 1 is 1.00 bits per heavy atom. The molecule has 5 heteroatoms. The molecule has 0 aliphatic rings. The lowest BCUT2D eigenvalue weighted by Crippen LogP contribution is -2.42. The van der Waals surface area contributed by atoms with Crippen molar-refractivity contribution in [2.45, 2.75) is 39.1 Å². The molecule has 0 aliphatic heterocycles. The van der Waals surface area contributed by atoms with Crippen molar-refractivity contribution in [1.29, 1.82) is 0 Å². The Bertz CT molecular complexity index is 154. The zero-order chi connectivity index (χ0) is 12.6. The number of rotatable bonds is 9. The van der Waals surface area contributed by atoms with Gasteiger partial charge in [0.25, 0.3) is 0 Å². The minimum Gasteiger partial charge on any atom is -0.392 e. The van der Waals surface area contributed by atoms with Gasteiger partial charge in [-0.2, -0.15) is 0 Å². The lowest BCUT2D eigenvalue weighted by Gasteiger charge is -2.27. The Morgan fingerprint density at radius 2 is 1.50 bits per heavy atom. The SMILES string of the molecule is CCOCC(O)CN(CC(C)O)CC(C)O. The van der Waals surface area contributed by atoms with Crippen LogP contribution in [0, 0.1) is 0 Å². The highest BCUT2D eigenvalue weighted by atomic mass is 16.5. The highest BCUT2D eigenvalue weighted by Crippen LogP contribution is 1.99. The number of aliphatic hydroxyl groups excluding tert-OH is 3. The average molecular weight is 235 g/mol. The molecule has 3 atom stereocenters. The number of nitrogens with zero attached hydrogens (tertiary/aromatic N) is 1. The summed E-state index contributed by atoms with van der Waals surface area (Å²) in [5, 5.41) is 28.2. The van der Waals surface area contributed by atoms with Crippen LogP contribution in [0.15, 0.2) is 0 Å². The van der Waals surface area contributed by atoms with E-state index in [2.05, 4.69) is 0 Å². The van der Waals surface area contributed by atoms with Crippen LogP contribution in [0.3, 0.4) is 0 Å². The van der Waals surface area contributed by atoms with Gasteiger partial charge in [0.2, 0.25) is 0 Å². The van der Waals surface area contributed by atoms with Crippen molar-refractivity contribution in [3.63, 3.8) is 0 Å². The van der Waals surface area contributed by atoms with E-state index < -0.39 is 18.3 Å². The van der Waals surface area contributed by atoms with Gasteiger partial charge in [0.1, 0.15) is 0 Å². The normalized spacial score (nSPS) is 17.4. The van der Waals surface area contributed by atoms with Gasteiger partial charge in [0.15, 0.2) is 0 Å². The summed E-state index contributed by atoms with van der Waals surface area (Å²) in [6, 6.07) is 0. The van der Waals surface area contributed by atoms with E-state index in [1.165, 1.54) is 0 Å². The molecule has 3 N–H and O–H groups in total. The largest absolute Gasteiger partial charge is 0.392 e. The summed E-state index contributed by atoms with van der Waals surface area (Å²) in [5.74, 6) is 0. The van der Waals surface area contributed by atoms with Crippen molar-refractivity contribution in [2.75, 3.05) is 32.8 Å². The van der Waals surface area contributed by atoms with Crippen LogP contribution in [0.1, 0.15) is 20.8 Å². The smallest absolute Gasteiger partial charge is 0.0900 e. The molecule has 5 nitrogen and oxygen atoms in total. The first kappa shape index (κ1) is 15.8. The summed E-state index contributed by atoms with van der Waals surface area (Å²) in [6.07, 6.45) is -1.53. The van der Waals surface area contributed by atoms with Crippen LogP contribution in [-0.2, 0) is 4.74 Å². The Labute approximate surface area is 97.6 Å². The maximum Gasteiger partial charge on any atom is 0.0900 e. The van der Waals surface area contributed by atoms with E-state index in [1.807, 2.05) is 11.8 Å². The molecule has 0 saturated heterocycles. The molecule has 0 spiro atoms. The molecular weight excluding hydrogens is 210 g/mol. The molecule has 0 fully saturated rings. The van der Waals surface area contributed by atoms with Crippen LogP contribution in [-0.4, -0.2) is 71.4 Å². The molecule has 0 aromatic rings. The van der Waals surface area contributed by atoms with E-state index in [4.69, 9.17) is 4.74 Å². The fourth-order valence-electron chi connectivity index (χ4n) is 1.58. The standard InChI is InChI=1S/C11H25NO4/c1-4-16-8-11(15)7-12(5-9(2)13)6-10(3)14/h9-11,13-15H,4-8H2,1-3H3. The Morgan fingerprint density at radius 3 is 1.88 bits per heavy atom.